The lowest BCUT2D eigenvalue weighted by atomic mass is 9.82. The topological polar surface area (TPSA) is 108 Å². The van der Waals surface area contributed by atoms with Gasteiger partial charge in [-0.1, -0.05) is 39.0 Å². The molecule has 3 amide bonds. The first-order valence-corrected chi connectivity index (χ1v) is 20.5. The molecule has 0 aromatic heterocycles. The Labute approximate surface area is 344 Å². The molecule has 2 rings (SSSR count). The maximum Gasteiger partial charge on any atom is 0.410 e. The Kier molecular flexibility index (Phi) is 20.7. The highest BCUT2D eigenvalue weighted by molar-refractivity contribution is 5.93. The zero-order valence-electron chi connectivity index (χ0n) is 36.5. The monoisotopic (exact) mass is 834 g/mol. The summed E-state index contributed by atoms with van der Waals surface area (Å²) in [4.78, 5) is 54.8. The fraction of sp³-hybridized carbons (Fsp3) is 0.750. The predicted octanol–water partition coefficient (Wildman–Crippen LogP) is 5.95. The number of unbranched alkanes of at least 4 members (excludes halogenated alkanes) is 4. The lowest BCUT2D eigenvalue weighted by Gasteiger charge is -2.29. The van der Waals surface area contributed by atoms with Gasteiger partial charge in [0.15, 0.2) is 5.71 Å². The van der Waals surface area contributed by atoms with Crippen molar-refractivity contribution in [3.05, 3.63) is 29.8 Å². The van der Waals surface area contributed by atoms with Crippen LogP contribution in [0.5, 0.6) is 0 Å². The number of hydrogen-bond donors (Lipinski definition) is 1. The van der Waals surface area contributed by atoms with Gasteiger partial charge in [-0.15, -0.1) is 0 Å². The number of carbonyl (C=O) groups excluding carboxylic acids is 4. The van der Waals surface area contributed by atoms with E-state index in [1.807, 2.05) is 46.4 Å². The van der Waals surface area contributed by atoms with E-state index in [0.29, 0.717) is 77.7 Å². The van der Waals surface area contributed by atoms with Gasteiger partial charge in [0.25, 0.3) is 0 Å². The molecule has 11 heteroatoms. The van der Waals surface area contributed by atoms with Crippen LogP contribution in [-0.4, -0.2) is 94.4 Å². The third kappa shape index (κ3) is 19.2. The minimum Gasteiger partial charge on any atom is -1.00 e. The molecule has 1 N–H and O–H groups in total. The van der Waals surface area contributed by atoms with Gasteiger partial charge in [-0.2, -0.15) is 4.58 Å². The molecule has 0 bridgehead atoms. The molecule has 55 heavy (non-hydrogen) atoms. The molecular formula is C44H75BrN4O6. The third-order valence-corrected chi connectivity index (χ3v) is 9.66. The summed E-state index contributed by atoms with van der Waals surface area (Å²) in [5.74, 6) is -0.0673. The summed E-state index contributed by atoms with van der Waals surface area (Å²) in [6.07, 6.45) is 7.16. The SMILES string of the molecule is CC1=[N+](CCCCCC(=O)NCCCN(CCCCN(CCCCC(=O)OC(C)(C)C)C(=O)OC(C)(C)C)C(=O)CC(C)(C)C)c2ccccc2C1(C)C.[Br-]. The van der Waals surface area contributed by atoms with E-state index >= 15 is 0 Å². The minimum absolute atomic E-state index is 0. The lowest BCUT2D eigenvalue weighted by molar-refractivity contribution is -0.439. The molecule has 0 aliphatic carbocycles. The first kappa shape index (κ1) is 50.1. The number of rotatable bonds is 21. The molecule has 0 atom stereocenters. The van der Waals surface area contributed by atoms with Gasteiger partial charge >= 0.3 is 12.1 Å². The highest BCUT2D eigenvalue weighted by Crippen LogP contribution is 2.39. The molecule has 10 nitrogen and oxygen atoms in total. The molecular weight excluding hydrogens is 760 g/mol. The van der Waals surface area contributed by atoms with E-state index in [9.17, 15) is 19.2 Å². The van der Waals surface area contributed by atoms with Gasteiger partial charge in [0, 0.05) is 77.0 Å². The summed E-state index contributed by atoms with van der Waals surface area (Å²) >= 11 is 0. The van der Waals surface area contributed by atoms with Crippen LogP contribution in [0, 0.1) is 5.41 Å². The summed E-state index contributed by atoms with van der Waals surface area (Å²) in [5.41, 5.74) is 2.83. The average molecular weight is 836 g/mol. The van der Waals surface area contributed by atoms with Gasteiger partial charge in [-0.05, 0) is 106 Å². The number of esters is 1. The van der Waals surface area contributed by atoms with Crippen LogP contribution in [0.3, 0.4) is 0 Å². The molecule has 0 saturated heterocycles. The molecule has 1 aromatic rings. The maximum absolute atomic E-state index is 13.3. The van der Waals surface area contributed by atoms with Gasteiger partial charge in [0.1, 0.15) is 17.7 Å². The number of para-hydroxylation sites is 1. The number of fused-ring (bicyclic) bond motifs is 1. The number of amides is 3. The number of nitrogens with one attached hydrogen (secondary N) is 1. The second kappa shape index (κ2) is 22.7. The van der Waals surface area contributed by atoms with E-state index in [2.05, 4.69) is 75.7 Å². The van der Waals surface area contributed by atoms with Gasteiger partial charge in [0.2, 0.25) is 17.5 Å². The van der Waals surface area contributed by atoms with Crippen LogP contribution in [-0.2, 0) is 29.3 Å². The van der Waals surface area contributed by atoms with Crippen molar-refractivity contribution in [1.82, 2.24) is 15.1 Å². The smallest absolute Gasteiger partial charge is 0.410 e. The Morgan fingerprint density at radius 2 is 1.25 bits per heavy atom. The number of benzene rings is 1. The van der Waals surface area contributed by atoms with Crippen molar-refractivity contribution in [3.63, 3.8) is 0 Å². The van der Waals surface area contributed by atoms with Crippen LogP contribution < -0.4 is 22.3 Å². The van der Waals surface area contributed by atoms with Gasteiger partial charge in [-0.3, -0.25) is 14.4 Å². The predicted molar refractivity (Wildman–Crippen MR) is 218 cm³/mol. The Hall–Kier alpha value is -2.95. The summed E-state index contributed by atoms with van der Waals surface area (Å²) in [7, 11) is 0. The number of hydrogen-bond acceptors (Lipinski definition) is 6. The number of ether oxygens (including phenoxy) is 2. The quantitative estimate of drug-likeness (QED) is 0.0933. The fourth-order valence-electron chi connectivity index (χ4n) is 6.67. The van der Waals surface area contributed by atoms with Crippen molar-refractivity contribution < 1.29 is 50.2 Å². The van der Waals surface area contributed by atoms with Gasteiger partial charge in [-0.25, -0.2) is 4.79 Å². The van der Waals surface area contributed by atoms with E-state index in [-0.39, 0.29) is 51.7 Å². The van der Waals surface area contributed by atoms with Crippen molar-refractivity contribution >= 4 is 35.3 Å². The second-order valence-electron chi connectivity index (χ2n) is 18.7. The molecule has 1 aliphatic heterocycles. The standard InChI is InChI=1S/C44H74N4O6.BrH/c1-34-44(11,12)35-23-15-16-24-36(35)48(34)32-18-13-14-25-37(49)45-27-22-31-46(38(50)33-41(2,3)4)28-20-21-30-47(40(52)54-43(8,9)10)29-19-17-26-39(51)53-42(5,6)7;/h15-16,23-24H,13-14,17-22,25-33H2,1-12H3;1H. The Bertz CT molecular complexity index is 1420. The molecule has 1 heterocycles. The van der Waals surface area contributed by atoms with Crippen LogP contribution in [0.1, 0.15) is 159 Å². The molecule has 0 unspecified atom stereocenters. The molecule has 0 fully saturated rings. The van der Waals surface area contributed by atoms with Crippen LogP contribution in [0.25, 0.3) is 0 Å². The molecule has 0 radical (unpaired) electrons. The van der Waals surface area contributed by atoms with E-state index in [0.717, 1.165) is 32.2 Å². The average Bonchev–Trinajstić information content (AvgIpc) is 3.22. The van der Waals surface area contributed by atoms with Crippen molar-refractivity contribution in [2.24, 2.45) is 5.41 Å². The summed E-state index contributed by atoms with van der Waals surface area (Å²) < 4.78 is 13.5. The molecule has 1 aromatic carbocycles. The minimum atomic E-state index is -0.617. The van der Waals surface area contributed by atoms with Crippen molar-refractivity contribution in [1.29, 1.82) is 0 Å². The van der Waals surface area contributed by atoms with E-state index in [1.54, 1.807) is 4.90 Å². The Morgan fingerprint density at radius 3 is 1.85 bits per heavy atom. The highest BCUT2D eigenvalue weighted by atomic mass is 79.9. The zero-order valence-corrected chi connectivity index (χ0v) is 38.1. The van der Waals surface area contributed by atoms with Crippen LogP contribution >= 0.6 is 0 Å². The second-order valence-corrected chi connectivity index (χ2v) is 18.7. The normalized spacial score (nSPS) is 13.8. The zero-order chi connectivity index (χ0) is 40.7. The molecule has 1 aliphatic rings. The van der Waals surface area contributed by atoms with Gasteiger partial charge < -0.3 is 41.6 Å². The third-order valence-electron chi connectivity index (χ3n) is 9.66. The largest absolute Gasteiger partial charge is 1.00 e. The van der Waals surface area contributed by atoms with Crippen molar-refractivity contribution in [2.45, 2.75) is 170 Å². The Morgan fingerprint density at radius 1 is 0.709 bits per heavy atom. The number of carbonyl (C=O) groups is 4. The van der Waals surface area contributed by atoms with Crippen LogP contribution in [0.4, 0.5) is 10.5 Å². The molecule has 314 valence electrons. The first-order chi connectivity index (χ1) is 25.0. The fourth-order valence-corrected chi connectivity index (χ4v) is 6.67. The summed E-state index contributed by atoms with van der Waals surface area (Å²) in [6, 6.07) is 8.66. The lowest BCUT2D eigenvalue weighted by Crippen LogP contribution is -3.00. The van der Waals surface area contributed by atoms with Crippen molar-refractivity contribution in [2.75, 3.05) is 39.3 Å². The number of halogens is 1. The van der Waals surface area contributed by atoms with E-state index in [1.165, 1.54) is 17.0 Å². The summed E-state index contributed by atoms with van der Waals surface area (Å²) in [6.45, 7) is 27.7. The molecule has 0 saturated carbocycles. The van der Waals surface area contributed by atoms with Crippen molar-refractivity contribution in [3.8, 4) is 0 Å². The van der Waals surface area contributed by atoms with E-state index in [4.69, 9.17) is 9.47 Å². The Balaban J connectivity index is 0.0000151. The molecule has 0 spiro atoms. The first-order valence-electron chi connectivity index (χ1n) is 20.5. The van der Waals surface area contributed by atoms with Gasteiger partial charge in [0.05, 0.1) is 5.41 Å². The number of nitrogens with zero attached hydrogens (tertiary/aromatic N) is 3. The van der Waals surface area contributed by atoms with E-state index < -0.39 is 11.2 Å². The van der Waals surface area contributed by atoms with Crippen LogP contribution in [0.2, 0.25) is 0 Å². The summed E-state index contributed by atoms with van der Waals surface area (Å²) in [5, 5.41) is 3.07. The maximum atomic E-state index is 13.3. The highest BCUT2D eigenvalue weighted by Gasteiger charge is 2.42. The van der Waals surface area contributed by atoms with Crippen LogP contribution in [0.15, 0.2) is 24.3 Å².